The Morgan fingerprint density at radius 3 is 2.25 bits per heavy atom. The van der Waals surface area contributed by atoms with Gasteiger partial charge in [0.05, 0.1) is 6.61 Å². The maximum atomic E-state index is 10.2. The average molecular weight is 231 g/mol. The minimum atomic E-state index is -0.909. The second kappa shape index (κ2) is 7.56. The van der Waals surface area contributed by atoms with Crippen molar-refractivity contribution in [2.75, 3.05) is 59.0 Å². The van der Waals surface area contributed by atoms with Crippen LogP contribution in [-0.2, 0) is 9.53 Å². The lowest BCUT2D eigenvalue weighted by molar-refractivity contribution is -0.142. The molecule has 1 aliphatic heterocycles. The summed E-state index contributed by atoms with van der Waals surface area (Å²) in [5, 5.41) is 8.39. The highest BCUT2D eigenvalue weighted by molar-refractivity contribution is 5.67. The van der Waals surface area contributed by atoms with E-state index in [0.29, 0.717) is 13.2 Å². The summed E-state index contributed by atoms with van der Waals surface area (Å²) in [5.41, 5.74) is 5.49. The van der Waals surface area contributed by atoms with E-state index >= 15 is 0 Å². The number of ether oxygens (including phenoxy) is 1. The van der Waals surface area contributed by atoms with Gasteiger partial charge in [0.1, 0.15) is 6.61 Å². The summed E-state index contributed by atoms with van der Waals surface area (Å²) in [6, 6.07) is 0. The first kappa shape index (κ1) is 13.4. The second-order valence-electron chi connectivity index (χ2n) is 3.92. The second-order valence-corrected chi connectivity index (χ2v) is 3.92. The maximum absolute atomic E-state index is 10.2. The SMILES string of the molecule is NCCN1CCN(CCOCC(=O)O)CC1. The minimum Gasteiger partial charge on any atom is -0.480 e. The zero-order chi connectivity index (χ0) is 11.8. The van der Waals surface area contributed by atoms with Crippen molar-refractivity contribution in [3.05, 3.63) is 0 Å². The molecule has 1 saturated heterocycles. The third-order valence-corrected chi connectivity index (χ3v) is 2.69. The Morgan fingerprint density at radius 1 is 1.19 bits per heavy atom. The van der Waals surface area contributed by atoms with E-state index in [9.17, 15) is 4.79 Å². The van der Waals surface area contributed by atoms with Gasteiger partial charge in [0, 0.05) is 45.8 Å². The van der Waals surface area contributed by atoms with Gasteiger partial charge in [-0.2, -0.15) is 0 Å². The van der Waals surface area contributed by atoms with Gasteiger partial charge in [-0.25, -0.2) is 4.79 Å². The molecule has 0 amide bonds. The van der Waals surface area contributed by atoms with Crippen LogP contribution in [0.25, 0.3) is 0 Å². The summed E-state index contributed by atoms with van der Waals surface area (Å²) in [4.78, 5) is 14.8. The number of nitrogens with zero attached hydrogens (tertiary/aromatic N) is 2. The zero-order valence-corrected chi connectivity index (χ0v) is 9.60. The topological polar surface area (TPSA) is 79.0 Å². The van der Waals surface area contributed by atoms with Crippen molar-refractivity contribution in [3.63, 3.8) is 0 Å². The molecule has 1 fully saturated rings. The lowest BCUT2D eigenvalue weighted by Crippen LogP contribution is -2.48. The molecule has 0 aromatic heterocycles. The molecule has 0 bridgehead atoms. The number of hydrogen-bond donors (Lipinski definition) is 2. The van der Waals surface area contributed by atoms with Crippen LogP contribution in [0, 0.1) is 0 Å². The fourth-order valence-corrected chi connectivity index (χ4v) is 1.77. The normalized spacial score (nSPS) is 18.8. The van der Waals surface area contributed by atoms with Crippen molar-refractivity contribution < 1.29 is 14.6 Å². The van der Waals surface area contributed by atoms with Crippen LogP contribution in [0.4, 0.5) is 0 Å². The molecule has 0 atom stereocenters. The Morgan fingerprint density at radius 2 is 1.75 bits per heavy atom. The summed E-state index contributed by atoms with van der Waals surface area (Å²) in [5.74, 6) is -0.909. The first-order valence-electron chi connectivity index (χ1n) is 5.66. The summed E-state index contributed by atoms with van der Waals surface area (Å²) in [6.07, 6.45) is 0. The number of carboxylic acids is 1. The fraction of sp³-hybridized carbons (Fsp3) is 0.900. The van der Waals surface area contributed by atoms with Crippen molar-refractivity contribution in [2.24, 2.45) is 5.73 Å². The molecule has 6 heteroatoms. The number of rotatable bonds is 7. The predicted molar refractivity (Wildman–Crippen MR) is 60.4 cm³/mol. The van der Waals surface area contributed by atoms with Crippen molar-refractivity contribution in [2.45, 2.75) is 0 Å². The maximum Gasteiger partial charge on any atom is 0.329 e. The molecular weight excluding hydrogens is 210 g/mol. The first-order chi connectivity index (χ1) is 7.72. The molecule has 0 aliphatic carbocycles. The highest BCUT2D eigenvalue weighted by Crippen LogP contribution is 2.00. The predicted octanol–water partition coefficient (Wildman–Crippen LogP) is -1.34. The number of carbonyl (C=O) groups is 1. The van der Waals surface area contributed by atoms with E-state index < -0.39 is 5.97 Å². The number of aliphatic carboxylic acids is 1. The molecule has 0 saturated carbocycles. The van der Waals surface area contributed by atoms with Gasteiger partial charge in [0.25, 0.3) is 0 Å². The van der Waals surface area contributed by atoms with Crippen LogP contribution in [-0.4, -0.2) is 79.9 Å². The van der Waals surface area contributed by atoms with Gasteiger partial charge in [-0.1, -0.05) is 0 Å². The van der Waals surface area contributed by atoms with Crippen LogP contribution in [0.1, 0.15) is 0 Å². The molecule has 0 unspecified atom stereocenters. The summed E-state index contributed by atoms with van der Waals surface area (Å²) >= 11 is 0. The van der Waals surface area contributed by atoms with Crippen LogP contribution < -0.4 is 5.73 Å². The number of nitrogens with two attached hydrogens (primary N) is 1. The van der Waals surface area contributed by atoms with E-state index in [0.717, 1.165) is 39.3 Å². The summed E-state index contributed by atoms with van der Waals surface area (Å²) in [7, 11) is 0. The molecule has 1 heterocycles. The van der Waals surface area contributed by atoms with Crippen LogP contribution in [0.15, 0.2) is 0 Å². The van der Waals surface area contributed by atoms with E-state index in [1.807, 2.05) is 0 Å². The van der Waals surface area contributed by atoms with E-state index in [1.165, 1.54) is 0 Å². The minimum absolute atomic E-state index is 0.201. The molecule has 6 nitrogen and oxygen atoms in total. The lowest BCUT2D eigenvalue weighted by Gasteiger charge is -2.34. The lowest BCUT2D eigenvalue weighted by atomic mass is 10.3. The Labute approximate surface area is 95.9 Å². The molecule has 1 aliphatic rings. The van der Waals surface area contributed by atoms with E-state index in [1.54, 1.807) is 0 Å². The van der Waals surface area contributed by atoms with Gasteiger partial charge in [0.15, 0.2) is 0 Å². The van der Waals surface area contributed by atoms with Crippen LogP contribution in [0.3, 0.4) is 0 Å². The van der Waals surface area contributed by atoms with Crippen LogP contribution in [0.5, 0.6) is 0 Å². The Bertz CT molecular complexity index is 205. The van der Waals surface area contributed by atoms with Crippen molar-refractivity contribution in [1.29, 1.82) is 0 Å². The van der Waals surface area contributed by atoms with Gasteiger partial charge in [-0.15, -0.1) is 0 Å². The molecule has 94 valence electrons. The van der Waals surface area contributed by atoms with Gasteiger partial charge in [-0.3, -0.25) is 9.80 Å². The third-order valence-electron chi connectivity index (χ3n) is 2.69. The summed E-state index contributed by atoms with van der Waals surface area (Å²) < 4.78 is 5.00. The Balaban J connectivity index is 2.01. The molecule has 1 rings (SSSR count). The fourth-order valence-electron chi connectivity index (χ4n) is 1.77. The standard InChI is InChI=1S/C10H21N3O3/c11-1-2-12-3-5-13(6-4-12)7-8-16-9-10(14)15/h1-9,11H2,(H,14,15). The van der Waals surface area contributed by atoms with Crippen molar-refractivity contribution >= 4 is 5.97 Å². The quantitative estimate of drug-likeness (QED) is 0.528. The smallest absolute Gasteiger partial charge is 0.329 e. The van der Waals surface area contributed by atoms with E-state index in [4.69, 9.17) is 15.6 Å². The largest absolute Gasteiger partial charge is 0.480 e. The first-order valence-corrected chi connectivity index (χ1v) is 5.66. The molecule has 3 N–H and O–H groups in total. The molecule has 0 radical (unpaired) electrons. The highest BCUT2D eigenvalue weighted by atomic mass is 16.5. The molecule has 0 spiro atoms. The van der Waals surface area contributed by atoms with Gasteiger partial charge in [-0.05, 0) is 0 Å². The van der Waals surface area contributed by atoms with E-state index in [-0.39, 0.29) is 6.61 Å². The van der Waals surface area contributed by atoms with Crippen molar-refractivity contribution in [1.82, 2.24) is 9.80 Å². The van der Waals surface area contributed by atoms with Crippen molar-refractivity contribution in [3.8, 4) is 0 Å². The van der Waals surface area contributed by atoms with Crippen LogP contribution in [0.2, 0.25) is 0 Å². The van der Waals surface area contributed by atoms with E-state index in [2.05, 4.69) is 9.80 Å². The van der Waals surface area contributed by atoms with Gasteiger partial charge < -0.3 is 15.6 Å². The van der Waals surface area contributed by atoms with Crippen LogP contribution >= 0.6 is 0 Å². The molecular formula is C10H21N3O3. The Kier molecular flexibility index (Phi) is 6.32. The number of carboxylic acid groups (broad SMARTS) is 1. The average Bonchev–Trinajstić information content (AvgIpc) is 2.27. The number of piperazine rings is 1. The van der Waals surface area contributed by atoms with Gasteiger partial charge >= 0.3 is 5.97 Å². The molecule has 0 aromatic rings. The summed E-state index contributed by atoms with van der Waals surface area (Å²) in [6.45, 7) is 6.87. The van der Waals surface area contributed by atoms with Gasteiger partial charge in [0.2, 0.25) is 0 Å². The monoisotopic (exact) mass is 231 g/mol. The zero-order valence-electron chi connectivity index (χ0n) is 9.60. The Hall–Kier alpha value is -0.690. The highest BCUT2D eigenvalue weighted by Gasteiger charge is 2.15. The third kappa shape index (κ3) is 5.41. The molecule has 0 aromatic carbocycles. The molecule has 16 heavy (non-hydrogen) atoms. The number of hydrogen-bond acceptors (Lipinski definition) is 5.